The van der Waals surface area contributed by atoms with E-state index in [2.05, 4.69) is 4.98 Å². The highest BCUT2D eigenvalue weighted by molar-refractivity contribution is 5.76. The molecular weight excluding hydrogens is 140 g/mol. The summed E-state index contributed by atoms with van der Waals surface area (Å²) in [5, 5.41) is 0. The van der Waals surface area contributed by atoms with Crippen LogP contribution in [0.25, 0.3) is 0 Å². The number of carbonyl (C=O) groups is 1. The maximum absolute atomic E-state index is 10.4. The zero-order valence-corrected chi connectivity index (χ0v) is 6.79. The number of nitrogens with one attached hydrogen (secondary N) is 1. The number of aromatic amines is 1. The number of carbonyl (C=O) groups excluding carboxylic acids is 1. The summed E-state index contributed by atoms with van der Waals surface area (Å²) in [6.07, 6.45) is 4.44. The van der Waals surface area contributed by atoms with Gasteiger partial charge in [0.2, 0.25) is 0 Å². The van der Waals surface area contributed by atoms with Crippen LogP contribution in [0.1, 0.15) is 15.9 Å². The third-order valence-corrected chi connectivity index (χ3v) is 1.48. The Bertz CT molecular complexity index is 240. The van der Waals surface area contributed by atoms with E-state index in [9.17, 15) is 4.79 Å². The first-order valence-electron chi connectivity index (χ1n) is 3.49. The number of rotatable bonds is 3. The molecule has 0 saturated carbocycles. The highest BCUT2D eigenvalue weighted by Gasteiger charge is 2.02. The first-order chi connectivity index (χ1) is 5.24. The molecule has 1 rings (SSSR count). The molecule has 11 heavy (non-hydrogen) atoms. The topological polar surface area (TPSA) is 36.1 Å². The standard InChI is InChI=1S/C8H12N2O/c1-10(2)5-7-3-9-4-8(7)6-11/h3-4,6,9H,5H2,1-2H3. The third-order valence-electron chi connectivity index (χ3n) is 1.48. The van der Waals surface area contributed by atoms with E-state index in [0.29, 0.717) is 0 Å². The monoisotopic (exact) mass is 152 g/mol. The Kier molecular flexibility index (Phi) is 2.44. The SMILES string of the molecule is CN(C)Cc1c[nH]cc1C=O. The van der Waals surface area contributed by atoms with Crippen molar-refractivity contribution in [2.45, 2.75) is 6.54 Å². The zero-order valence-electron chi connectivity index (χ0n) is 6.79. The van der Waals surface area contributed by atoms with Crippen molar-refractivity contribution in [1.82, 2.24) is 9.88 Å². The summed E-state index contributed by atoms with van der Waals surface area (Å²) in [5.74, 6) is 0. The smallest absolute Gasteiger partial charge is 0.151 e. The summed E-state index contributed by atoms with van der Waals surface area (Å²) < 4.78 is 0. The largest absolute Gasteiger partial charge is 0.367 e. The summed E-state index contributed by atoms with van der Waals surface area (Å²) in [4.78, 5) is 15.4. The van der Waals surface area contributed by atoms with Gasteiger partial charge in [0.15, 0.2) is 6.29 Å². The maximum Gasteiger partial charge on any atom is 0.151 e. The lowest BCUT2D eigenvalue weighted by atomic mass is 10.2. The van der Waals surface area contributed by atoms with E-state index in [-0.39, 0.29) is 0 Å². The molecule has 0 fully saturated rings. The lowest BCUT2D eigenvalue weighted by Crippen LogP contribution is -2.11. The normalized spacial score (nSPS) is 10.5. The van der Waals surface area contributed by atoms with Crippen LogP contribution in [0.15, 0.2) is 12.4 Å². The van der Waals surface area contributed by atoms with Gasteiger partial charge in [0, 0.05) is 24.5 Å². The second-order valence-corrected chi connectivity index (χ2v) is 2.79. The molecule has 0 atom stereocenters. The fourth-order valence-electron chi connectivity index (χ4n) is 0.995. The van der Waals surface area contributed by atoms with Gasteiger partial charge in [0.25, 0.3) is 0 Å². The number of H-pyrrole nitrogens is 1. The van der Waals surface area contributed by atoms with Crippen molar-refractivity contribution in [3.8, 4) is 0 Å². The molecule has 1 heterocycles. The average molecular weight is 152 g/mol. The third kappa shape index (κ3) is 1.91. The molecule has 0 aromatic carbocycles. The van der Waals surface area contributed by atoms with Crippen LogP contribution in [-0.2, 0) is 6.54 Å². The molecule has 3 heteroatoms. The van der Waals surface area contributed by atoms with Crippen LogP contribution >= 0.6 is 0 Å². The molecule has 0 aliphatic rings. The van der Waals surface area contributed by atoms with E-state index in [0.717, 1.165) is 24.0 Å². The molecule has 0 amide bonds. The quantitative estimate of drug-likeness (QED) is 0.653. The van der Waals surface area contributed by atoms with Crippen molar-refractivity contribution in [2.24, 2.45) is 0 Å². The number of nitrogens with zero attached hydrogens (tertiary/aromatic N) is 1. The van der Waals surface area contributed by atoms with Crippen LogP contribution < -0.4 is 0 Å². The Hall–Kier alpha value is -1.09. The molecule has 0 bridgehead atoms. The molecular formula is C8H12N2O. The van der Waals surface area contributed by atoms with Gasteiger partial charge in [-0.1, -0.05) is 0 Å². The predicted molar refractivity (Wildman–Crippen MR) is 43.6 cm³/mol. The molecule has 1 N–H and O–H groups in total. The highest BCUT2D eigenvalue weighted by atomic mass is 16.1. The Morgan fingerprint density at radius 3 is 2.82 bits per heavy atom. The summed E-state index contributed by atoms with van der Waals surface area (Å²) in [6.45, 7) is 0.803. The number of aldehydes is 1. The first kappa shape index (κ1) is 8.01. The molecule has 0 aliphatic carbocycles. The van der Waals surface area contributed by atoms with E-state index >= 15 is 0 Å². The van der Waals surface area contributed by atoms with Gasteiger partial charge in [-0.15, -0.1) is 0 Å². The predicted octanol–water partition coefficient (Wildman–Crippen LogP) is 0.889. The maximum atomic E-state index is 10.4. The molecule has 0 unspecified atom stereocenters. The van der Waals surface area contributed by atoms with Crippen molar-refractivity contribution in [1.29, 1.82) is 0 Å². The van der Waals surface area contributed by atoms with Crippen molar-refractivity contribution >= 4 is 6.29 Å². The van der Waals surface area contributed by atoms with Gasteiger partial charge < -0.3 is 9.88 Å². The summed E-state index contributed by atoms with van der Waals surface area (Å²) in [7, 11) is 3.95. The van der Waals surface area contributed by atoms with Crippen molar-refractivity contribution in [2.75, 3.05) is 14.1 Å². The lowest BCUT2D eigenvalue weighted by Gasteiger charge is -2.07. The number of aromatic nitrogens is 1. The minimum absolute atomic E-state index is 0.749. The van der Waals surface area contributed by atoms with Gasteiger partial charge in [-0.25, -0.2) is 0 Å². The molecule has 1 aromatic rings. The second-order valence-electron chi connectivity index (χ2n) is 2.79. The Labute approximate surface area is 66.0 Å². The van der Waals surface area contributed by atoms with Gasteiger partial charge in [-0.2, -0.15) is 0 Å². The minimum atomic E-state index is 0.749. The summed E-state index contributed by atoms with van der Waals surface area (Å²) in [6, 6.07) is 0. The molecule has 0 saturated heterocycles. The van der Waals surface area contributed by atoms with Gasteiger partial charge in [0.05, 0.1) is 0 Å². The molecule has 0 radical (unpaired) electrons. The van der Waals surface area contributed by atoms with Crippen LogP contribution in [0.4, 0.5) is 0 Å². The molecule has 60 valence electrons. The van der Waals surface area contributed by atoms with Crippen molar-refractivity contribution in [3.63, 3.8) is 0 Å². The highest BCUT2D eigenvalue weighted by Crippen LogP contribution is 2.06. The second kappa shape index (κ2) is 3.34. The molecule has 3 nitrogen and oxygen atoms in total. The summed E-state index contributed by atoms with van der Waals surface area (Å²) in [5.41, 5.74) is 1.80. The van der Waals surface area contributed by atoms with Crippen LogP contribution in [0, 0.1) is 0 Å². The average Bonchev–Trinajstić information content (AvgIpc) is 2.34. The van der Waals surface area contributed by atoms with E-state index in [1.54, 1.807) is 6.20 Å². The fourth-order valence-corrected chi connectivity index (χ4v) is 0.995. The van der Waals surface area contributed by atoms with Crippen LogP contribution in [0.5, 0.6) is 0 Å². The molecule has 1 aromatic heterocycles. The molecule has 0 spiro atoms. The minimum Gasteiger partial charge on any atom is -0.367 e. The van der Waals surface area contributed by atoms with E-state index < -0.39 is 0 Å². The Morgan fingerprint density at radius 1 is 1.55 bits per heavy atom. The van der Waals surface area contributed by atoms with Crippen LogP contribution in [0.2, 0.25) is 0 Å². The lowest BCUT2D eigenvalue weighted by molar-refractivity contribution is 0.112. The Balaban J connectivity index is 2.76. The fraction of sp³-hybridized carbons (Fsp3) is 0.375. The number of hydrogen-bond acceptors (Lipinski definition) is 2. The van der Waals surface area contributed by atoms with Gasteiger partial charge in [0.1, 0.15) is 0 Å². The summed E-state index contributed by atoms with van der Waals surface area (Å²) >= 11 is 0. The van der Waals surface area contributed by atoms with Gasteiger partial charge >= 0.3 is 0 Å². The van der Waals surface area contributed by atoms with E-state index in [4.69, 9.17) is 0 Å². The number of hydrogen-bond donors (Lipinski definition) is 1. The van der Waals surface area contributed by atoms with Crippen LogP contribution in [-0.4, -0.2) is 30.3 Å². The van der Waals surface area contributed by atoms with Gasteiger partial charge in [-0.05, 0) is 19.7 Å². The van der Waals surface area contributed by atoms with Crippen molar-refractivity contribution in [3.05, 3.63) is 23.5 Å². The van der Waals surface area contributed by atoms with Gasteiger partial charge in [-0.3, -0.25) is 4.79 Å². The van der Waals surface area contributed by atoms with E-state index in [1.807, 2.05) is 25.2 Å². The van der Waals surface area contributed by atoms with Crippen molar-refractivity contribution < 1.29 is 4.79 Å². The first-order valence-corrected chi connectivity index (χ1v) is 3.49. The Morgan fingerprint density at radius 2 is 2.27 bits per heavy atom. The van der Waals surface area contributed by atoms with E-state index in [1.165, 1.54) is 0 Å². The molecule has 0 aliphatic heterocycles. The van der Waals surface area contributed by atoms with Crippen LogP contribution in [0.3, 0.4) is 0 Å². The zero-order chi connectivity index (χ0) is 8.27.